The van der Waals surface area contributed by atoms with Crippen LogP contribution in [0.3, 0.4) is 0 Å². The zero-order valence-corrected chi connectivity index (χ0v) is 10.4. The highest BCUT2D eigenvalue weighted by Gasteiger charge is 2.03. The Morgan fingerprint density at radius 1 is 1.29 bits per heavy atom. The van der Waals surface area contributed by atoms with Gasteiger partial charge in [-0.15, -0.1) is 5.10 Å². The van der Waals surface area contributed by atoms with Crippen LogP contribution < -0.4 is 5.32 Å². The number of aromatic nitrogens is 6. The fraction of sp³-hybridized carbons (Fsp3) is 0.600. The SMILES string of the molecule is CNCc1cn(CCn2nc(C)nc2C)nn1. The topological polar surface area (TPSA) is 73.5 Å². The van der Waals surface area contributed by atoms with Crippen LogP contribution in [0.5, 0.6) is 0 Å². The molecule has 92 valence electrons. The first-order valence-electron chi connectivity index (χ1n) is 5.60. The molecule has 2 aromatic heterocycles. The summed E-state index contributed by atoms with van der Waals surface area (Å²) in [5, 5.41) is 15.4. The van der Waals surface area contributed by atoms with Crippen molar-refractivity contribution in [1.82, 2.24) is 35.1 Å². The lowest BCUT2D eigenvalue weighted by molar-refractivity contribution is 0.480. The molecule has 0 fully saturated rings. The molecule has 2 aromatic rings. The van der Waals surface area contributed by atoms with E-state index in [9.17, 15) is 0 Å². The van der Waals surface area contributed by atoms with Crippen molar-refractivity contribution in [2.75, 3.05) is 7.05 Å². The number of hydrogen-bond acceptors (Lipinski definition) is 5. The molecule has 0 aliphatic carbocycles. The van der Waals surface area contributed by atoms with Crippen molar-refractivity contribution in [1.29, 1.82) is 0 Å². The normalized spacial score (nSPS) is 11.0. The minimum absolute atomic E-state index is 0.738. The highest BCUT2D eigenvalue weighted by atomic mass is 15.4. The molecule has 0 amide bonds. The highest BCUT2D eigenvalue weighted by Crippen LogP contribution is 1.98. The van der Waals surface area contributed by atoms with Gasteiger partial charge in [0, 0.05) is 12.7 Å². The second-order valence-electron chi connectivity index (χ2n) is 3.93. The van der Waals surface area contributed by atoms with Gasteiger partial charge < -0.3 is 5.32 Å². The Morgan fingerprint density at radius 2 is 2.12 bits per heavy atom. The number of hydrogen-bond donors (Lipinski definition) is 1. The van der Waals surface area contributed by atoms with E-state index in [0.29, 0.717) is 0 Å². The van der Waals surface area contributed by atoms with Gasteiger partial charge in [0.15, 0.2) is 0 Å². The van der Waals surface area contributed by atoms with Crippen LogP contribution in [0, 0.1) is 13.8 Å². The third-order valence-corrected chi connectivity index (χ3v) is 2.45. The van der Waals surface area contributed by atoms with Crippen molar-refractivity contribution in [3.63, 3.8) is 0 Å². The van der Waals surface area contributed by atoms with Gasteiger partial charge in [-0.25, -0.2) is 9.67 Å². The summed E-state index contributed by atoms with van der Waals surface area (Å²) in [5.41, 5.74) is 0.944. The lowest BCUT2D eigenvalue weighted by atomic mass is 10.5. The van der Waals surface area contributed by atoms with E-state index in [4.69, 9.17) is 0 Å². The van der Waals surface area contributed by atoms with Gasteiger partial charge in [0.25, 0.3) is 0 Å². The summed E-state index contributed by atoms with van der Waals surface area (Å²) in [6, 6.07) is 0. The summed E-state index contributed by atoms with van der Waals surface area (Å²) in [6.45, 7) is 6.09. The lowest BCUT2D eigenvalue weighted by Crippen LogP contribution is -2.10. The average Bonchev–Trinajstić information content (AvgIpc) is 2.83. The highest BCUT2D eigenvalue weighted by molar-refractivity contribution is 4.91. The average molecular weight is 235 g/mol. The maximum atomic E-state index is 4.30. The van der Waals surface area contributed by atoms with Crippen molar-refractivity contribution in [3.8, 4) is 0 Å². The third-order valence-electron chi connectivity index (χ3n) is 2.45. The van der Waals surface area contributed by atoms with Crippen LogP contribution in [-0.2, 0) is 19.6 Å². The molecule has 0 atom stereocenters. The van der Waals surface area contributed by atoms with Gasteiger partial charge in [-0.3, -0.25) is 4.68 Å². The van der Waals surface area contributed by atoms with Gasteiger partial charge in [-0.1, -0.05) is 5.21 Å². The maximum absolute atomic E-state index is 4.30. The van der Waals surface area contributed by atoms with Crippen molar-refractivity contribution in [2.45, 2.75) is 33.5 Å². The second kappa shape index (κ2) is 5.05. The van der Waals surface area contributed by atoms with E-state index < -0.39 is 0 Å². The molecule has 0 radical (unpaired) electrons. The van der Waals surface area contributed by atoms with E-state index >= 15 is 0 Å². The predicted octanol–water partition coefficient (Wildman–Crippen LogP) is -0.0940. The van der Waals surface area contributed by atoms with Gasteiger partial charge in [0.2, 0.25) is 0 Å². The summed E-state index contributed by atoms with van der Waals surface area (Å²) in [5.74, 6) is 1.73. The predicted molar refractivity (Wildman–Crippen MR) is 62.3 cm³/mol. The summed E-state index contributed by atoms with van der Waals surface area (Å²) >= 11 is 0. The smallest absolute Gasteiger partial charge is 0.147 e. The van der Waals surface area contributed by atoms with Crippen LogP contribution in [0.2, 0.25) is 0 Å². The minimum atomic E-state index is 0.738. The number of rotatable bonds is 5. The molecule has 0 aromatic carbocycles. The van der Waals surface area contributed by atoms with E-state index in [1.807, 2.05) is 36.5 Å². The molecule has 0 aliphatic rings. The van der Waals surface area contributed by atoms with Crippen LogP contribution >= 0.6 is 0 Å². The molecular formula is C10H17N7. The molecule has 0 unspecified atom stereocenters. The molecule has 1 N–H and O–H groups in total. The summed E-state index contributed by atoms with van der Waals surface area (Å²) in [6.07, 6.45) is 1.94. The molecule has 0 saturated heterocycles. The molecule has 17 heavy (non-hydrogen) atoms. The Kier molecular flexibility index (Phi) is 3.48. The van der Waals surface area contributed by atoms with Crippen LogP contribution in [0.4, 0.5) is 0 Å². The molecule has 0 spiro atoms. The van der Waals surface area contributed by atoms with E-state index in [2.05, 4.69) is 25.7 Å². The summed E-state index contributed by atoms with van der Waals surface area (Å²) in [7, 11) is 1.89. The van der Waals surface area contributed by atoms with Crippen molar-refractivity contribution >= 4 is 0 Å². The third kappa shape index (κ3) is 2.88. The first-order valence-corrected chi connectivity index (χ1v) is 5.60. The summed E-state index contributed by atoms with van der Waals surface area (Å²) in [4.78, 5) is 4.25. The molecule has 0 aliphatic heterocycles. The minimum Gasteiger partial charge on any atom is -0.314 e. The van der Waals surface area contributed by atoms with Crippen LogP contribution in [-0.4, -0.2) is 36.8 Å². The summed E-state index contributed by atoms with van der Waals surface area (Å²) < 4.78 is 3.71. The van der Waals surface area contributed by atoms with Crippen molar-refractivity contribution < 1.29 is 0 Å². The molecular weight excluding hydrogens is 218 g/mol. The quantitative estimate of drug-likeness (QED) is 0.783. The van der Waals surface area contributed by atoms with E-state index in [-0.39, 0.29) is 0 Å². The van der Waals surface area contributed by atoms with E-state index in [0.717, 1.165) is 37.0 Å². The van der Waals surface area contributed by atoms with Crippen LogP contribution in [0.15, 0.2) is 6.20 Å². The standard InChI is InChI=1S/C10H17N7/c1-8-12-9(2)17(14-8)5-4-16-7-10(6-11-3)13-15-16/h7,11H,4-6H2,1-3H3. The maximum Gasteiger partial charge on any atom is 0.147 e. The molecule has 0 saturated carbocycles. The van der Waals surface area contributed by atoms with Crippen molar-refractivity contribution in [2.24, 2.45) is 0 Å². The number of aryl methyl sites for hydroxylation is 4. The molecule has 0 bridgehead atoms. The van der Waals surface area contributed by atoms with Crippen LogP contribution in [0.1, 0.15) is 17.3 Å². The Hall–Kier alpha value is -1.76. The molecule has 2 rings (SSSR count). The largest absolute Gasteiger partial charge is 0.314 e. The van der Waals surface area contributed by atoms with E-state index in [1.165, 1.54) is 0 Å². The molecule has 7 nitrogen and oxygen atoms in total. The monoisotopic (exact) mass is 235 g/mol. The fourth-order valence-electron chi connectivity index (χ4n) is 1.68. The van der Waals surface area contributed by atoms with E-state index in [1.54, 1.807) is 0 Å². The molecule has 7 heteroatoms. The Bertz CT molecular complexity index is 485. The fourth-order valence-corrected chi connectivity index (χ4v) is 1.68. The first kappa shape index (κ1) is 11.7. The first-order chi connectivity index (χ1) is 8.19. The number of nitrogens with one attached hydrogen (secondary N) is 1. The number of nitrogens with zero attached hydrogens (tertiary/aromatic N) is 6. The Morgan fingerprint density at radius 3 is 2.76 bits per heavy atom. The second-order valence-corrected chi connectivity index (χ2v) is 3.93. The molecule has 2 heterocycles. The lowest BCUT2D eigenvalue weighted by Gasteiger charge is -2.02. The zero-order valence-electron chi connectivity index (χ0n) is 10.4. The van der Waals surface area contributed by atoms with Gasteiger partial charge >= 0.3 is 0 Å². The van der Waals surface area contributed by atoms with Gasteiger partial charge in [-0.05, 0) is 20.9 Å². The van der Waals surface area contributed by atoms with Gasteiger partial charge in [0.05, 0.1) is 18.8 Å². The van der Waals surface area contributed by atoms with Gasteiger partial charge in [0.1, 0.15) is 11.6 Å². The van der Waals surface area contributed by atoms with Crippen molar-refractivity contribution in [3.05, 3.63) is 23.5 Å². The Balaban J connectivity index is 1.95. The zero-order chi connectivity index (χ0) is 12.3. The van der Waals surface area contributed by atoms with Crippen LogP contribution in [0.25, 0.3) is 0 Å². The van der Waals surface area contributed by atoms with Gasteiger partial charge in [-0.2, -0.15) is 5.10 Å². The Labute approximate surface area is 99.9 Å².